The molecule has 0 aliphatic rings. The van der Waals surface area contributed by atoms with E-state index in [0.717, 1.165) is 31.2 Å². The van der Waals surface area contributed by atoms with E-state index in [9.17, 15) is 9.59 Å². The first kappa shape index (κ1) is 25.8. The fraction of sp³-hybridized carbons (Fsp3) is 0.667. The summed E-state index contributed by atoms with van der Waals surface area (Å²) >= 11 is 0. The van der Waals surface area contributed by atoms with Crippen LogP contribution in [0.15, 0.2) is 18.2 Å². The van der Waals surface area contributed by atoms with Gasteiger partial charge in [-0.2, -0.15) is 0 Å². The number of carbonyl (C=O) groups is 2. The first-order chi connectivity index (χ1) is 14.3. The molecule has 0 heterocycles. The zero-order chi connectivity index (χ0) is 22.7. The molecule has 6 heteroatoms. The van der Waals surface area contributed by atoms with Gasteiger partial charge in [0.2, 0.25) is 11.8 Å². The maximum atomic E-state index is 13.1. The molecule has 1 aromatic carbocycles. The molecule has 1 N–H and O–H groups in total. The summed E-state index contributed by atoms with van der Waals surface area (Å²) in [5, 5.41) is 3.02. The monoisotopic (exact) mass is 420 g/mol. The smallest absolute Gasteiger partial charge is 0.245 e. The third kappa shape index (κ3) is 7.54. The maximum absolute atomic E-state index is 13.1. The molecule has 2 unspecified atom stereocenters. The van der Waals surface area contributed by atoms with Crippen LogP contribution in [0.3, 0.4) is 0 Å². The lowest BCUT2D eigenvalue weighted by Gasteiger charge is -2.28. The largest absolute Gasteiger partial charge is 0.493 e. The van der Waals surface area contributed by atoms with Gasteiger partial charge in [-0.1, -0.05) is 46.6 Å². The summed E-state index contributed by atoms with van der Waals surface area (Å²) in [5.41, 5.74) is 1.06. The Morgan fingerprint density at radius 3 is 2.30 bits per heavy atom. The van der Waals surface area contributed by atoms with Gasteiger partial charge in [-0.25, -0.2) is 0 Å². The SMILES string of the molecule is CCCCC(CC)C(=O)NC(C(=O)N(C)CCc1ccc(OC)c(OC)c1)C(C)C. The van der Waals surface area contributed by atoms with E-state index in [1.54, 1.807) is 26.2 Å². The number of methoxy groups -OCH3 is 2. The topological polar surface area (TPSA) is 67.9 Å². The Morgan fingerprint density at radius 2 is 1.77 bits per heavy atom. The molecule has 0 radical (unpaired) electrons. The predicted molar refractivity (Wildman–Crippen MR) is 121 cm³/mol. The van der Waals surface area contributed by atoms with Gasteiger partial charge in [0.1, 0.15) is 6.04 Å². The molecule has 0 aromatic heterocycles. The van der Waals surface area contributed by atoms with Gasteiger partial charge >= 0.3 is 0 Å². The number of amides is 2. The molecule has 0 aliphatic carbocycles. The van der Waals surface area contributed by atoms with Crippen LogP contribution in [0.2, 0.25) is 0 Å². The second-order valence-electron chi connectivity index (χ2n) is 8.18. The highest BCUT2D eigenvalue weighted by atomic mass is 16.5. The van der Waals surface area contributed by atoms with Crippen molar-refractivity contribution in [3.8, 4) is 11.5 Å². The Kier molecular flexibility index (Phi) is 11.3. The van der Waals surface area contributed by atoms with Crippen LogP contribution in [-0.4, -0.2) is 50.6 Å². The number of carbonyl (C=O) groups excluding carboxylic acids is 2. The number of nitrogens with zero attached hydrogens (tertiary/aromatic N) is 1. The van der Waals surface area contributed by atoms with Crippen molar-refractivity contribution < 1.29 is 19.1 Å². The fourth-order valence-corrected chi connectivity index (χ4v) is 3.44. The minimum atomic E-state index is -0.511. The molecular formula is C24H40N2O4. The van der Waals surface area contributed by atoms with Crippen molar-refractivity contribution in [3.05, 3.63) is 23.8 Å². The Labute approximate surface area is 182 Å². The molecule has 170 valence electrons. The van der Waals surface area contributed by atoms with Crippen molar-refractivity contribution >= 4 is 11.8 Å². The quantitative estimate of drug-likeness (QED) is 0.522. The summed E-state index contributed by atoms with van der Waals surface area (Å²) in [6, 6.07) is 5.26. The summed E-state index contributed by atoms with van der Waals surface area (Å²) < 4.78 is 10.6. The second-order valence-corrected chi connectivity index (χ2v) is 8.18. The van der Waals surface area contributed by atoms with E-state index < -0.39 is 6.04 Å². The van der Waals surface area contributed by atoms with E-state index in [2.05, 4.69) is 12.2 Å². The first-order valence-corrected chi connectivity index (χ1v) is 11.0. The molecular weight excluding hydrogens is 380 g/mol. The van der Waals surface area contributed by atoms with Gasteiger partial charge in [0.15, 0.2) is 11.5 Å². The van der Waals surface area contributed by atoms with E-state index in [-0.39, 0.29) is 23.7 Å². The van der Waals surface area contributed by atoms with Crippen LogP contribution in [0, 0.1) is 11.8 Å². The van der Waals surface area contributed by atoms with Gasteiger partial charge in [0.05, 0.1) is 14.2 Å². The number of benzene rings is 1. The van der Waals surface area contributed by atoms with E-state index in [0.29, 0.717) is 24.5 Å². The molecule has 1 rings (SSSR count). The lowest BCUT2D eigenvalue weighted by atomic mass is 9.96. The summed E-state index contributed by atoms with van der Waals surface area (Å²) in [5.74, 6) is 1.29. The van der Waals surface area contributed by atoms with Crippen LogP contribution in [0.5, 0.6) is 11.5 Å². The van der Waals surface area contributed by atoms with Crippen molar-refractivity contribution in [2.45, 2.75) is 65.8 Å². The first-order valence-electron chi connectivity index (χ1n) is 11.0. The third-order valence-corrected chi connectivity index (χ3v) is 5.56. The number of unbranched alkanes of at least 4 members (excludes halogenated alkanes) is 1. The Balaban J connectivity index is 2.75. The lowest BCUT2D eigenvalue weighted by Crippen LogP contribution is -2.51. The normalized spacial score (nSPS) is 12.9. The van der Waals surface area contributed by atoms with Crippen LogP contribution in [0.4, 0.5) is 0 Å². The maximum Gasteiger partial charge on any atom is 0.245 e. The van der Waals surface area contributed by atoms with Crippen LogP contribution in [0.25, 0.3) is 0 Å². The Morgan fingerprint density at radius 1 is 1.10 bits per heavy atom. The number of hydrogen-bond acceptors (Lipinski definition) is 4. The molecule has 30 heavy (non-hydrogen) atoms. The molecule has 2 amide bonds. The van der Waals surface area contributed by atoms with Crippen LogP contribution in [-0.2, 0) is 16.0 Å². The average molecular weight is 421 g/mol. The average Bonchev–Trinajstić information content (AvgIpc) is 2.75. The molecule has 0 aliphatic heterocycles. The molecule has 0 fully saturated rings. The zero-order valence-corrected chi connectivity index (χ0v) is 19.8. The van der Waals surface area contributed by atoms with Crippen molar-refractivity contribution in [2.75, 3.05) is 27.8 Å². The molecule has 0 saturated heterocycles. The van der Waals surface area contributed by atoms with Crippen LogP contribution in [0.1, 0.15) is 58.9 Å². The minimum Gasteiger partial charge on any atom is -0.493 e. The minimum absolute atomic E-state index is 0.00806. The summed E-state index contributed by atoms with van der Waals surface area (Å²) in [6.07, 6.45) is 4.44. The molecule has 6 nitrogen and oxygen atoms in total. The van der Waals surface area contributed by atoms with E-state index >= 15 is 0 Å². The van der Waals surface area contributed by atoms with Gasteiger partial charge in [-0.15, -0.1) is 0 Å². The van der Waals surface area contributed by atoms with E-state index in [1.807, 2.05) is 39.0 Å². The predicted octanol–water partition coefficient (Wildman–Crippen LogP) is 4.06. The molecule has 0 bridgehead atoms. The van der Waals surface area contributed by atoms with Crippen molar-refractivity contribution in [3.63, 3.8) is 0 Å². The molecule has 0 spiro atoms. The second kappa shape index (κ2) is 13.1. The van der Waals surface area contributed by atoms with Crippen LogP contribution < -0.4 is 14.8 Å². The van der Waals surface area contributed by atoms with Gasteiger partial charge in [-0.3, -0.25) is 9.59 Å². The molecule has 0 saturated carbocycles. The van der Waals surface area contributed by atoms with Gasteiger partial charge < -0.3 is 19.7 Å². The van der Waals surface area contributed by atoms with Gasteiger partial charge in [0, 0.05) is 19.5 Å². The number of hydrogen-bond donors (Lipinski definition) is 1. The number of nitrogens with one attached hydrogen (secondary N) is 1. The summed E-state index contributed by atoms with van der Waals surface area (Å²) in [4.78, 5) is 27.5. The zero-order valence-electron chi connectivity index (χ0n) is 19.8. The van der Waals surface area contributed by atoms with Crippen molar-refractivity contribution in [1.82, 2.24) is 10.2 Å². The Hall–Kier alpha value is -2.24. The van der Waals surface area contributed by atoms with Crippen molar-refractivity contribution in [1.29, 1.82) is 0 Å². The fourth-order valence-electron chi connectivity index (χ4n) is 3.44. The highest BCUT2D eigenvalue weighted by molar-refractivity contribution is 5.88. The molecule has 1 aromatic rings. The molecule has 2 atom stereocenters. The highest BCUT2D eigenvalue weighted by Gasteiger charge is 2.29. The number of rotatable bonds is 13. The van der Waals surface area contributed by atoms with Crippen molar-refractivity contribution in [2.24, 2.45) is 11.8 Å². The van der Waals surface area contributed by atoms with Gasteiger partial charge in [0.25, 0.3) is 0 Å². The van der Waals surface area contributed by atoms with Gasteiger partial charge in [-0.05, 0) is 42.9 Å². The van der Waals surface area contributed by atoms with E-state index in [4.69, 9.17) is 9.47 Å². The number of ether oxygens (including phenoxy) is 2. The lowest BCUT2D eigenvalue weighted by molar-refractivity contribution is -0.137. The summed E-state index contributed by atoms with van der Waals surface area (Å²) in [7, 11) is 5.01. The standard InChI is InChI=1S/C24H40N2O4/c1-8-10-11-19(9-2)23(27)25-22(17(3)4)24(28)26(5)15-14-18-12-13-20(29-6)21(16-18)30-7/h12-13,16-17,19,22H,8-11,14-15H2,1-7H3,(H,25,27). The van der Waals surface area contributed by atoms with Crippen LogP contribution >= 0.6 is 0 Å². The summed E-state index contributed by atoms with van der Waals surface area (Å²) in [6.45, 7) is 8.65. The third-order valence-electron chi connectivity index (χ3n) is 5.56. The highest BCUT2D eigenvalue weighted by Crippen LogP contribution is 2.27. The number of likely N-dealkylation sites (N-methyl/N-ethyl adjacent to an activating group) is 1. The van der Waals surface area contributed by atoms with E-state index in [1.165, 1.54) is 0 Å². The Bertz CT molecular complexity index is 675.